The van der Waals surface area contributed by atoms with Gasteiger partial charge in [0.25, 0.3) is 5.56 Å². The number of benzene rings is 2. The zero-order chi connectivity index (χ0) is 24.2. The molecule has 34 heavy (non-hydrogen) atoms. The van der Waals surface area contributed by atoms with Crippen LogP contribution in [0.15, 0.2) is 64.5 Å². The van der Waals surface area contributed by atoms with Crippen LogP contribution in [0.2, 0.25) is 0 Å². The molecule has 0 aliphatic rings. The van der Waals surface area contributed by atoms with Gasteiger partial charge < -0.3 is 14.6 Å². The van der Waals surface area contributed by atoms with Gasteiger partial charge in [-0.2, -0.15) is 0 Å². The summed E-state index contributed by atoms with van der Waals surface area (Å²) in [5.74, 6) is 1.23. The van der Waals surface area contributed by atoms with E-state index in [2.05, 4.69) is 15.5 Å². The number of para-hydroxylation sites is 2. The first kappa shape index (κ1) is 23.4. The summed E-state index contributed by atoms with van der Waals surface area (Å²) in [6.45, 7) is 4.05. The normalized spacial score (nSPS) is 10.9. The van der Waals surface area contributed by atoms with Crippen LogP contribution in [-0.4, -0.2) is 35.8 Å². The Morgan fingerprint density at radius 3 is 2.47 bits per heavy atom. The van der Waals surface area contributed by atoms with Gasteiger partial charge in [-0.25, -0.2) is 4.68 Å². The standard InChI is InChI=1S/C24H26N6O3S/c1-16-10-8-9-13-19(16)33-14-20-26-27-24(28(20)3)34-15-21(31)25-22-17(2)29(4)30(23(22)32)18-11-6-5-7-12-18/h5-13H,14-15H2,1-4H3,(H,25,31). The van der Waals surface area contributed by atoms with Crippen LogP contribution in [-0.2, 0) is 25.5 Å². The molecule has 4 aromatic rings. The van der Waals surface area contributed by atoms with Gasteiger partial charge in [0, 0.05) is 14.1 Å². The quantitative estimate of drug-likeness (QED) is 0.391. The van der Waals surface area contributed by atoms with Gasteiger partial charge in [0.1, 0.15) is 18.0 Å². The maximum absolute atomic E-state index is 13.0. The topological polar surface area (TPSA) is 96.0 Å². The Balaban J connectivity index is 1.40. The van der Waals surface area contributed by atoms with E-state index in [1.54, 1.807) is 23.2 Å². The lowest BCUT2D eigenvalue weighted by molar-refractivity contribution is -0.113. The van der Waals surface area contributed by atoms with E-state index < -0.39 is 0 Å². The van der Waals surface area contributed by atoms with Gasteiger partial charge in [0.05, 0.1) is 17.1 Å². The third-order valence-electron chi connectivity index (χ3n) is 5.53. The number of rotatable bonds is 8. The number of aromatic nitrogens is 5. The van der Waals surface area contributed by atoms with E-state index in [0.717, 1.165) is 17.0 Å². The van der Waals surface area contributed by atoms with E-state index in [1.807, 2.05) is 68.6 Å². The maximum atomic E-state index is 13.0. The molecule has 2 aromatic heterocycles. The third-order valence-corrected chi connectivity index (χ3v) is 6.55. The number of thioether (sulfide) groups is 1. The molecule has 2 aromatic carbocycles. The fraction of sp³-hybridized carbons (Fsp3) is 0.250. The van der Waals surface area contributed by atoms with Crippen LogP contribution in [0.3, 0.4) is 0 Å². The number of amides is 1. The Hall–Kier alpha value is -3.79. The van der Waals surface area contributed by atoms with E-state index in [-0.39, 0.29) is 29.5 Å². The number of hydrogen-bond acceptors (Lipinski definition) is 6. The second-order valence-corrected chi connectivity index (χ2v) is 8.73. The monoisotopic (exact) mass is 478 g/mol. The highest BCUT2D eigenvalue weighted by Crippen LogP contribution is 2.20. The van der Waals surface area contributed by atoms with Gasteiger partial charge in [-0.15, -0.1) is 10.2 Å². The first-order valence-corrected chi connectivity index (χ1v) is 11.7. The summed E-state index contributed by atoms with van der Waals surface area (Å²) in [5, 5.41) is 11.7. The highest BCUT2D eigenvalue weighted by Gasteiger charge is 2.19. The van der Waals surface area contributed by atoms with Gasteiger partial charge in [0.2, 0.25) is 5.91 Å². The van der Waals surface area contributed by atoms with Crippen LogP contribution in [0.5, 0.6) is 5.75 Å². The smallest absolute Gasteiger partial charge is 0.295 e. The second kappa shape index (κ2) is 10.0. The Morgan fingerprint density at radius 2 is 1.74 bits per heavy atom. The van der Waals surface area contributed by atoms with E-state index >= 15 is 0 Å². The summed E-state index contributed by atoms with van der Waals surface area (Å²) < 4.78 is 10.9. The molecule has 0 aliphatic heterocycles. The molecule has 2 heterocycles. The van der Waals surface area contributed by atoms with Crippen molar-refractivity contribution in [3.63, 3.8) is 0 Å². The Morgan fingerprint density at radius 1 is 1.03 bits per heavy atom. The average molecular weight is 479 g/mol. The van der Waals surface area contributed by atoms with E-state index in [0.29, 0.717) is 16.7 Å². The van der Waals surface area contributed by atoms with Gasteiger partial charge in [0.15, 0.2) is 11.0 Å². The Kier molecular flexibility index (Phi) is 6.87. The summed E-state index contributed by atoms with van der Waals surface area (Å²) in [7, 11) is 3.62. The molecule has 0 saturated heterocycles. The minimum atomic E-state index is -0.295. The molecule has 0 unspecified atom stereocenters. The molecule has 0 atom stereocenters. The van der Waals surface area contributed by atoms with Crippen molar-refractivity contribution in [1.82, 2.24) is 24.1 Å². The molecular formula is C24H26N6O3S. The number of carbonyl (C=O) groups is 1. The molecule has 0 saturated carbocycles. The van der Waals surface area contributed by atoms with Crippen LogP contribution >= 0.6 is 11.8 Å². The van der Waals surface area contributed by atoms with Crippen molar-refractivity contribution in [2.45, 2.75) is 25.6 Å². The van der Waals surface area contributed by atoms with Crippen molar-refractivity contribution in [1.29, 1.82) is 0 Å². The van der Waals surface area contributed by atoms with Crippen molar-refractivity contribution < 1.29 is 9.53 Å². The summed E-state index contributed by atoms with van der Waals surface area (Å²) in [5.41, 5.74) is 2.42. The molecule has 4 rings (SSSR count). The fourth-order valence-electron chi connectivity index (χ4n) is 3.47. The van der Waals surface area contributed by atoms with Crippen molar-refractivity contribution in [2.75, 3.05) is 11.1 Å². The van der Waals surface area contributed by atoms with E-state index in [4.69, 9.17) is 4.74 Å². The summed E-state index contributed by atoms with van der Waals surface area (Å²) >= 11 is 1.25. The van der Waals surface area contributed by atoms with Crippen LogP contribution in [0, 0.1) is 13.8 Å². The molecule has 10 heteroatoms. The minimum absolute atomic E-state index is 0.0870. The van der Waals surface area contributed by atoms with E-state index in [1.165, 1.54) is 16.4 Å². The largest absolute Gasteiger partial charge is 0.485 e. The van der Waals surface area contributed by atoms with Crippen molar-refractivity contribution in [3.8, 4) is 11.4 Å². The molecule has 0 aliphatic carbocycles. The average Bonchev–Trinajstić information content (AvgIpc) is 3.29. The van der Waals surface area contributed by atoms with Gasteiger partial charge in [-0.05, 0) is 37.6 Å². The Labute approximate surface area is 201 Å². The molecule has 0 bridgehead atoms. The summed E-state index contributed by atoms with van der Waals surface area (Å²) in [6, 6.07) is 17.1. The summed E-state index contributed by atoms with van der Waals surface area (Å²) in [4.78, 5) is 25.6. The second-order valence-electron chi connectivity index (χ2n) is 7.79. The highest BCUT2D eigenvalue weighted by atomic mass is 32.2. The predicted molar refractivity (Wildman–Crippen MR) is 132 cm³/mol. The zero-order valence-electron chi connectivity index (χ0n) is 19.5. The lowest BCUT2D eigenvalue weighted by Crippen LogP contribution is -2.23. The number of ether oxygens (including phenoxy) is 1. The Bertz CT molecular complexity index is 1370. The lowest BCUT2D eigenvalue weighted by atomic mass is 10.2. The predicted octanol–water partition coefficient (Wildman–Crippen LogP) is 3.23. The minimum Gasteiger partial charge on any atom is -0.485 e. The van der Waals surface area contributed by atoms with Crippen LogP contribution in [0.25, 0.3) is 5.69 Å². The molecule has 176 valence electrons. The number of aryl methyl sites for hydroxylation is 1. The van der Waals surface area contributed by atoms with Gasteiger partial charge in [-0.3, -0.25) is 14.3 Å². The molecule has 1 N–H and O–H groups in total. The third kappa shape index (κ3) is 4.76. The number of anilines is 1. The first-order valence-electron chi connectivity index (χ1n) is 10.7. The van der Waals surface area contributed by atoms with Crippen molar-refractivity contribution in [3.05, 3.63) is 82.0 Å². The zero-order valence-corrected chi connectivity index (χ0v) is 20.3. The van der Waals surface area contributed by atoms with Crippen molar-refractivity contribution in [2.24, 2.45) is 14.1 Å². The number of carbonyl (C=O) groups excluding carboxylic acids is 1. The maximum Gasteiger partial charge on any atom is 0.295 e. The molecule has 0 radical (unpaired) electrons. The fourth-order valence-corrected chi connectivity index (χ4v) is 4.20. The molecule has 0 fully saturated rings. The van der Waals surface area contributed by atoms with E-state index in [9.17, 15) is 9.59 Å². The number of nitrogens with zero attached hydrogens (tertiary/aromatic N) is 5. The first-order chi connectivity index (χ1) is 16.4. The molecule has 9 nitrogen and oxygen atoms in total. The molecular weight excluding hydrogens is 452 g/mol. The van der Waals surface area contributed by atoms with Gasteiger partial charge in [-0.1, -0.05) is 48.2 Å². The number of hydrogen-bond donors (Lipinski definition) is 1. The summed E-state index contributed by atoms with van der Waals surface area (Å²) in [6.07, 6.45) is 0. The number of nitrogens with one attached hydrogen (secondary N) is 1. The highest BCUT2D eigenvalue weighted by molar-refractivity contribution is 7.99. The SMILES string of the molecule is Cc1ccccc1OCc1nnc(SCC(=O)Nc2c(C)n(C)n(-c3ccccc3)c2=O)n1C. The molecule has 1 amide bonds. The van der Waals surface area contributed by atoms with Gasteiger partial charge >= 0.3 is 0 Å². The molecule has 0 spiro atoms. The lowest BCUT2D eigenvalue weighted by Gasteiger charge is -2.08. The van der Waals surface area contributed by atoms with Crippen LogP contribution < -0.4 is 15.6 Å². The van der Waals surface area contributed by atoms with Crippen LogP contribution in [0.4, 0.5) is 5.69 Å². The van der Waals surface area contributed by atoms with Crippen LogP contribution in [0.1, 0.15) is 17.1 Å². The van der Waals surface area contributed by atoms with Crippen molar-refractivity contribution >= 4 is 23.4 Å².